The summed E-state index contributed by atoms with van der Waals surface area (Å²) in [4.78, 5) is 0. The number of aromatic nitrogens is 5. The van der Waals surface area contributed by atoms with E-state index in [1.165, 1.54) is 0 Å². The van der Waals surface area contributed by atoms with Crippen LogP contribution in [0.5, 0.6) is 0 Å². The number of aliphatic hydroxyl groups is 5. The van der Waals surface area contributed by atoms with Crippen molar-refractivity contribution in [3.05, 3.63) is 34.6 Å². The van der Waals surface area contributed by atoms with Crippen LogP contribution >= 0.6 is 23.3 Å². The van der Waals surface area contributed by atoms with Crippen LogP contribution in [-0.4, -0.2) is 85.8 Å². The van der Waals surface area contributed by atoms with E-state index >= 15 is 0 Å². The quantitative estimate of drug-likeness (QED) is 0.266. The summed E-state index contributed by atoms with van der Waals surface area (Å²) < 4.78 is 9.90. The van der Waals surface area contributed by atoms with E-state index < -0.39 is 36.6 Å². The van der Waals surface area contributed by atoms with Gasteiger partial charge in [0.1, 0.15) is 41.6 Å². The van der Waals surface area contributed by atoms with Gasteiger partial charge < -0.3 is 30.8 Å². The zero-order valence-electron chi connectivity index (χ0n) is 14.9. The number of hydrogen-bond acceptors (Lipinski definition) is 11. The minimum absolute atomic E-state index is 0.108. The maximum absolute atomic E-state index is 10.1. The minimum atomic E-state index is -1.63. The molecule has 29 heavy (non-hydrogen) atoms. The minimum Gasteiger partial charge on any atom is -0.389 e. The first-order valence-corrected chi connectivity index (χ1v) is 9.89. The van der Waals surface area contributed by atoms with Crippen LogP contribution in [0, 0.1) is 0 Å². The number of benzene rings is 1. The van der Waals surface area contributed by atoms with E-state index in [4.69, 9.17) is 11.6 Å². The Morgan fingerprint density at radius 1 is 0.966 bits per heavy atom. The maximum atomic E-state index is 10.1. The predicted octanol–water partition coefficient (Wildman–Crippen LogP) is -1.74. The van der Waals surface area contributed by atoms with Gasteiger partial charge in [0.15, 0.2) is 0 Å². The highest BCUT2D eigenvalue weighted by Crippen LogP contribution is 2.24. The van der Waals surface area contributed by atoms with Crippen molar-refractivity contribution in [2.45, 2.75) is 49.7 Å². The molecular weight excluding hydrogens is 424 g/mol. The lowest BCUT2D eigenvalue weighted by molar-refractivity contribution is -0.190. The van der Waals surface area contributed by atoms with Crippen LogP contribution in [0.4, 0.5) is 0 Å². The number of rotatable bonds is 5. The van der Waals surface area contributed by atoms with Gasteiger partial charge in [0.2, 0.25) is 0 Å². The Labute approximate surface area is 173 Å². The SMILES string of the molecule is OC1[C@@H](O)[C@H](O)C(NCc2cn(Cc3cc4nsnc4cc3Cl)nn2)[C@H](O)[C@H]1O. The first-order valence-electron chi connectivity index (χ1n) is 8.78. The summed E-state index contributed by atoms with van der Waals surface area (Å²) >= 11 is 7.40. The lowest BCUT2D eigenvalue weighted by atomic mass is 9.83. The van der Waals surface area contributed by atoms with Gasteiger partial charge in [0.25, 0.3) is 0 Å². The molecule has 0 radical (unpaired) electrons. The summed E-state index contributed by atoms with van der Waals surface area (Å²) in [5.41, 5.74) is 2.78. The normalized spacial score (nSPS) is 30.1. The fourth-order valence-electron chi connectivity index (χ4n) is 3.34. The smallest absolute Gasteiger partial charge is 0.111 e. The lowest BCUT2D eigenvalue weighted by Gasteiger charge is -2.42. The van der Waals surface area contributed by atoms with Crippen molar-refractivity contribution in [2.75, 3.05) is 0 Å². The molecule has 1 aliphatic carbocycles. The van der Waals surface area contributed by atoms with Crippen LogP contribution in [0.2, 0.25) is 5.02 Å². The Morgan fingerprint density at radius 2 is 1.59 bits per heavy atom. The zero-order chi connectivity index (χ0) is 20.7. The third kappa shape index (κ3) is 3.98. The Bertz CT molecular complexity index is 985. The van der Waals surface area contributed by atoms with Crippen molar-refractivity contribution in [3.63, 3.8) is 0 Å². The summed E-state index contributed by atoms with van der Waals surface area (Å²) in [5, 5.41) is 60.8. The number of aliphatic hydroxyl groups excluding tert-OH is 5. The Hall–Kier alpha value is -1.77. The van der Waals surface area contributed by atoms with Gasteiger partial charge in [-0.1, -0.05) is 16.8 Å². The second kappa shape index (κ2) is 8.16. The monoisotopic (exact) mass is 442 g/mol. The van der Waals surface area contributed by atoms with Crippen molar-refractivity contribution in [1.82, 2.24) is 29.1 Å². The molecule has 6 N–H and O–H groups in total. The topological polar surface area (TPSA) is 170 Å². The van der Waals surface area contributed by atoms with E-state index in [1.807, 2.05) is 6.07 Å². The fraction of sp³-hybridized carbons (Fsp3) is 0.500. The van der Waals surface area contributed by atoms with Gasteiger partial charge in [-0.05, 0) is 17.7 Å². The number of nitrogens with zero attached hydrogens (tertiary/aromatic N) is 5. The zero-order valence-corrected chi connectivity index (χ0v) is 16.4. The van der Waals surface area contributed by atoms with Gasteiger partial charge in [-0.3, -0.25) is 0 Å². The Kier molecular flexibility index (Phi) is 5.77. The van der Waals surface area contributed by atoms with Crippen LogP contribution in [0.1, 0.15) is 11.3 Å². The third-order valence-electron chi connectivity index (χ3n) is 4.99. The van der Waals surface area contributed by atoms with Gasteiger partial charge in [0.05, 0.1) is 36.2 Å². The summed E-state index contributed by atoms with van der Waals surface area (Å²) in [6.45, 7) is 0.467. The van der Waals surface area contributed by atoms with E-state index in [2.05, 4.69) is 24.4 Å². The van der Waals surface area contributed by atoms with Crippen LogP contribution in [-0.2, 0) is 13.1 Å². The third-order valence-corrected chi connectivity index (χ3v) is 5.90. The molecule has 2 unspecified atom stereocenters. The number of nitrogens with one attached hydrogen (secondary N) is 1. The molecule has 1 fully saturated rings. The van der Waals surface area contributed by atoms with Gasteiger partial charge in [-0.25, -0.2) is 4.68 Å². The number of hydrogen-bond donors (Lipinski definition) is 6. The summed E-state index contributed by atoms with van der Waals surface area (Å²) in [5.74, 6) is 0. The van der Waals surface area contributed by atoms with E-state index in [0.29, 0.717) is 17.3 Å². The fourth-order valence-corrected chi connectivity index (χ4v) is 4.07. The molecule has 13 heteroatoms. The van der Waals surface area contributed by atoms with Crippen molar-refractivity contribution in [3.8, 4) is 0 Å². The number of fused-ring (bicyclic) bond motifs is 1. The highest BCUT2D eigenvalue weighted by atomic mass is 35.5. The number of halogens is 1. The van der Waals surface area contributed by atoms with Crippen LogP contribution in [0.15, 0.2) is 18.3 Å². The lowest BCUT2D eigenvalue weighted by Crippen LogP contribution is -2.67. The maximum Gasteiger partial charge on any atom is 0.111 e. The standard InChI is InChI=1S/C16H19ClN6O5S/c17-8-2-10-9(20-29-21-10)1-6(8)4-23-5-7(19-22-23)3-18-11-12(24)14(26)16(28)15(27)13(11)25/h1-2,5,11-16,18,24-28H,3-4H2/t11?,12-,13+,14+,15-,16?. The van der Waals surface area contributed by atoms with E-state index in [9.17, 15) is 25.5 Å². The van der Waals surface area contributed by atoms with Crippen LogP contribution < -0.4 is 5.32 Å². The second-order valence-corrected chi connectivity index (χ2v) is 7.90. The summed E-state index contributed by atoms with van der Waals surface area (Å²) in [6.07, 6.45) is -6.06. The molecule has 0 spiro atoms. The summed E-state index contributed by atoms with van der Waals surface area (Å²) in [6, 6.07) is 2.53. The molecule has 156 valence electrons. The molecule has 6 atom stereocenters. The second-order valence-electron chi connectivity index (χ2n) is 6.96. The van der Waals surface area contributed by atoms with Crippen LogP contribution in [0.3, 0.4) is 0 Å². The molecular formula is C16H19ClN6O5S. The molecule has 2 heterocycles. The first kappa shape index (κ1) is 20.5. The highest BCUT2D eigenvalue weighted by molar-refractivity contribution is 7.00. The molecule has 0 amide bonds. The molecule has 3 aromatic rings. The molecule has 11 nitrogen and oxygen atoms in total. The van der Waals surface area contributed by atoms with Crippen molar-refractivity contribution in [1.29, 1.82) is 0 Å². The van der Waals surface area contributed by atoms with Crippen LogP contribution in [0.25, 0.3) is 11.0 Å². The largest absolute Gasteiger partial charge is 0.389 e. The van der Waals surface area contributed by atoms with E-state index in [-0.39, 0.29) is 6.54 Å². The molecule has 1 aromatic carbocycles. The van der Waals surface area contributed by atoms with Gasteiger partial charge in [-0.2, -0.15) is 8.75 Å². The summed E-state index contributed by atoms with van der Waals surface area (Å²) in [7, 11) is 0. The van der Waals surface area contributed by atoms with Gasteiger partial charge in [-0.15, -0.1) is 5.10 Å². The highest BCUT2D eigenvalue weighted by Gasteiger charge is 2.47. The molecule has 0 aliphatic heterocycles. The molecule has 0 saturated heterocycles. The molecule has 1 aliphatic rings. The predicted molar refractivity (Wildman–Crippen MR) is 102 cm³/mol. The molecule has 4 rings (SSSR count). The molecule has 0 bridgehead atoms. The first-order chi connectivity index (χ1) is 13.8. The van der Waals surface area contributed by atoms with Crippen molar-refractivity contribution >= 4 is 34.4 Å². The molecule has 1 saturated carbocycles. The van der Waals surface area contributed by atoms with Gasteiger partial charge >= 0.3 is 0 Å². The molecule has 2 aromatic heterocycles. The average Bonchev–Trinajstić information content (AvgIpc) is 3.34. The Morgan fingerprint density at radius 3 is 2.28 bits per heavy atom. The van der Waals surface area contributed by atoms with Gasteiger partial charge in [0, 0.05) is 11.6 Å². The van der Waals surface area contributed by atoms with E-state index in [1.54, 1.807) is 16.9 Å². The van der Waals surface area contributed by atoms with E-state index in [0.717, 1.165) is 28.3 Å². The average molecular weight is 443 g/mol. The Balaban J connectivity index is 1.42. The van der Waals surface area contributed by atoms with Crippen molar-refractivity contribution < 1.29 is 25.5 Å². The van der Waals surface area contributed by atoms with Crippen molar-refractivity contribution in [2.24, 2.45) is 0 Å².